The highest BCUT2D eigenvalue weighted by Crippen LogP contribution is 2.28. The molecule has 2 aliphatic rings. The summed E-state index contributed by atoms with van der Waals surface area (Å²) < 4.78 is 5.79. The van der Waals surface area contributed by atoms with Gasteiger partial charge in [-0.2, -0.15) is 0 Å². The Labute approximate surface area is 121 Å². The van der Waals surface area contributed by atoms with Crippen molar-refractivity contribution in [1.29, 1.82) is 0 Å². The third kappa shape index (κ3) is 2.92. The highest BCUT2D eigenvalue weighted by molar-refractivity contribution is 5.11. The number of aryl methyl sites for hydroxylation is 1. The molecule has 0 amide bonds. The van der Waals surface area contributed by atoms with Gasteiger partial charge in [-0.1, -0.05) is 6.42 Å². The largest absolute Gasteiger partial charge is 0.465 e. The van der Waals surface area contributed by atoms with Gasteiger partial charge < -0.3 is 10.2 Å². The molecule has 0 aliphatic carbocycles. The lowest BCUT2D eigenvalue weighted by Crippen LogP contribution is -2.41. The van der Waals surface area contributed by atoms with Gasteiger partial charge in [-0.05, 0) is 51.4 Å². The summed E-state index contributed by atoms with van der Waals surface area (Å²) in [7, 11) is 0. The van der Waals surface area contributed by atoms with Crippen molar-refractivity contribution in [2.45, 2.75) is 44.7 Å². The van der Waals surface area contributed by atoms with Gasteiger partial charge in [-0.25, -0.2) is 0 Å². The van der Waals surface area contributed by atoms with Crippen molar-refractivity contribution >= 4 is 0 Å². The number of piperidine rings is 1. The van der Waals surface area contributed by atoms with Crippen LogP contribution in [0, 0.1) is 6.92 Å². The minimum atomic E-state index is 0.249. The molecule has 0 radical (unpaired) electrons. The van der Waals surface area contributed by atoms with E-state index in [4.69, 9.17) is 10.2 Å². The maximum Gasteiger partial charge on any atom is 0.122 e. The van der Waals surface area contributed by atoms with Crippen molar-refractivity contribution in [3.63, 3.8) is 0 Å². The van der Waals surface area contributed by atoms with E-state index in [1.54, 1.807) is 0 Å². The van der Waals surface area contributed by atoms with Gasteiger partial charge in [0.1, 0.15) is 11.5 Å². The molecule has 3 heterocycles. The molecular weight excluding hydrogens is 250 g/mol. The molecule has 1 aromatic heterocycles. The Morgan fingerprint density at radius 3 is 2.70 bits per heavy atom. The van der Waals surface area contributed by atoms with Crippen molar-refractivity contribution < 1.29 is 4.42 Å². The van der Waals surface area contributed by atoms with Crippen LogP contribution in [-0.2, 0) is 0 Å². The quantitative estimate of drug-likeness (QED) is 0.916. The van der Waals surface area contributed by atoms with Crippen LogP contribution in [-0.4, -0.2) is 48.6 Å². The predicted molar refractivity (Wildman–Crippen MR) is 80.6 cm³/mol. The molecule has 1 aromatic rings. The van der Waals surface area contributed by atoms with E-state index in [2.05, 4.69) is 15.9 Å². The minimum Gasteiger partial charge on any atom is -0.465 e. The van der Waals surface area contributed by atoms with Crippen molar-refractivity contribution in [3.8, 4) is 0 Å². The summed E-state index contributed by atoms with van der Waals surface area (Å²) in [6.07, 6.45) is 5.42. The van der Waals surface area contributed by atoms with E-state index in [1.165, 1.54) is 38.8 Å². The number of hydrogen-bond donors (Lipinski definition) is 1. The Balaban J connectivity index is 1.62. The lowest BCUT2D eigenvalue weighted by Gasteiger charge is -2.33. The molecule has 3 rings (SSSR count). The SMILES string of the molecule is Cc1ccc(C(CN)N2CCC(N3CCCCC3)C2)o1. The van der Waals surface area contributed by atoms with Crippen LogP contribution in [0.15, 0.2) is 16.5 Å². The van der Waals surface area contributed by atoms with E-state index in [0.29, 0.717) is 6.54 Å². The van der Waals surface area contributed by atoms with Crippen LogP contribution >= 0.6 is 0 Å². The first-order valence-electron chi connectivity index (χ1n) is 8.02. The number of hydrogen-bond acceptors (Lipinski definition) is 4. The molecule has 0 saturated carbocycles. The first-order chi connectivity index (χ1) is 9.78. The molecule has 0 aromatic carbocycles. The number of nitrogens with zero attached hydrogens (tertiary/aromatic N) is 2. The minimum absolute atomic E-state index is 0.249. The standard InChI is InChI=1S/C16H27N3O/c1-13-5-6-16(20-13)15(11-17)19-10-7-14(12-19)18-8-3-2-4-9-18/h5-6,14-15H,2-4,7-12,17H2,1H3. The molecule has 20 heavy (non-hydrogen) atoms. The smallest absolute Gasteiger partial charge is 0.122 e. The predicted octanol–water partition coefficient (Wildman–Crippen LogP) is 2.15. The van der Waals surface area contributed by atoms with Gasteiger partial charge in [0.15, 0.2) is 0 Å². The van der Waals surface area contributed by atoms with Crippen LogP contribution < -0.4 is 5.73 Å². The average molecular weight is 277 g/mol. The second-order valence-corrected chi connectivity index (χ2v) is 6.23. The molecule has 2 saturated heterocycles. The Morgan fingerprint density at radius 1 is 1.25 bits per heavy atom. The fourth-order valence-electron chi connectivity index (χ4n) is 3.71. The Bertz CT molecular complexity index is 425. The number of likely N-dealkylation sites (tertiary alicyclic amines) is 2. The molecule has 2 atom stereocenters. The third-order valence-corrected chi connectivity index (χ3v) is 4.86. The second kappa shape index (κ2) is 6.29. The molecule has 2 fully saturated rings. The lowest BCUT2D eigenvalue weighted by molar-refractivity contribution is 0.147. The Morgan fingerprint density at radius 2 is 2.05 bits per heavy atom. The molecule has 2 N–H and O–H groups in total. The summed E-state index contributed by atoms with van der Waals surface area (Å²) in [6.45, 7) is 7.49. The highest BCUT2D eigenvalue weighted by atomic mass is 16.3. The summed E-state index contributed by atoms with van der Waals surface area (Å²) in [5, 5.41) is 0. The summed E-state index contributed by atoms with van der Waals surface area (Å²) in [6, 6.07) is 5.09. The van der Waals surface area contributed by atoms with Crippen LogP contribution in [0.25, 0.3) is 0 Å². The maximum atomic E-state index is 6.00. The first kappa shape index (κ1) is 14.1. The highest BCUT2D eigenvalue weighted by Gasteiger charge is 2.33. The molecule has 0 bridgehead atoms. The van der Waals surface area contributed by atoms with E-state index in [1.807, 2.05) is 13.0 Å². The van der Waals surface area contributed by atoms with Crippen LogP contribution in [0.1, 0.15) is 43.2 Å². The van der Waals surface area contributed by atoms with E-state index in [0.717, 1.165) is 30.7 Å². The van der Waals surface area contributed by atoms with Gasteiger partial charge in [0, 0.05) is 25.7 Å². The molecule has 0 spiro atoms. The monoisotopic (exact) mass is 277 g/mol. The van der Waals surface area contributed by atoms with E-state index in [-0.39, 0.29) is 6.04 Å². The van der Waals surface area contributed by atoms with Crippen molar-refractivity contribution in [1.82, 2.24) is 9.80 Å². The lowest BCUT2D eigenvalue weighted by atomic mass is 10.1. The van der Waals surface area contributed by atoms with Crippen LogP contribution in [0.3, 0.4) is 0 Å². The van der Waals surface area contributed by atoms with Gasteiger partial charge in [0.05, 0.1) is 6.04 Å². The zero-order chi connectivity index (χ0) is 13.9. The number of furan rings is 1. The molecule has 4 nitrogen and oxygen atoms in total. The number of nitrogens with two attached hydrogens (primary N) is 1. The summed E-state index contributed by atoms with van der Waals surface area (Å²) >= 11 is 0. The first-order valence-corrected chi connectivity index (χ1v) is 8.02. The van der Waals surface area contributed by atoms with Crippen LogP contribution in [0.2, 0.25) is 0 Å². The van der Waals surface area contributed by atoms with Gasteiger partial charge in [-0.3, -0.25) is 9.80 Å². The van der Waals surface area contributed by atoms with Crippen molar-refractivity contribution in [3.05, 3.63) is 23.7 Å². The van der Waals surface area contributed by atoms with Crippen molar-refractivity contribution in [2.75, 3.05) is 32.7 Å². The summed E-state index contributed by atoms with van der Waals surface area (Å²) in [5.41, 5.74) is 6.00. The average Bonchev–Trinajstić information content (AvgIpc) is 3.11. The van der Waals surface area contributed by atoms with Crippen molar-refractivity contribution in [2.24, 2.45) is 5.73 Å². The molecule has 4 heteroatoms. The van der Waals surface area contributed by atoms with E-state index in [9.17, 15) is 0 Å². The summed E-state index contributed by atoms with van der Waals surface area (Å²) in [5.74, 6) is 2.01. The van der Waals surface area contributed by atoms with Gasteiger partial charge in [0.25, 0.3) is 0 Å². The zero-order valence-electron chi connectivity index (χ0n) is 12.6. The zero-order valence-corrected chi connectivity index (χ0v) is 12.6. The van der Waals surface area contributed by atoms with E-state index >= 15 is 0 Å². The Kier molecular flexibility index (Phi) is 4.44. The van der Waals surface area contributed by atoms with E-state index < -0.39 is 0 Å². The topological polar surface area (TPSA) is 45.6 Å². The third-order valence-electron chi connectivity index (χ3n) is 4.86. The number of rotatable bonds is 4. The van der Waals surface area contributed by atoms with Gasteiger partial charge in [0.2, 0.25) is 0 Å². The fourth-order valence-corrected chi connectivity index (χ4v) is 3.71. The van der Waals surface area contributed by atoms with Crippen LogP contribution in [0.5, 0.6) is 0 Å². The molecule has 2 unspecified atom stereocenters. The van der Waals surface area contributed by atoms with Gasteiger partial charge >= 0.3 is 0 Å². The molecule has 2 aliphatic heterocycles. The summed E-state index contributed by atoms with van der Waals surface area (Å²) in [4.78, 5) is 5.20. The molecule has 112 valence electrons. The normalized spacial score (nSPS) is 27.0. The second-order valence-electron chi connectivity index (χ2n) is 6.23. The van der Waals surface area contributed by atoms with Gasteiger partial charge in [-0.15, -0.1) is 0 Å². The maximum absolute atomic E-state index is 6.00. The Hall–Kier alpha value is -0.840. The van der Waals surface area contributed by atoms with Crippen LogP contribution in [0.4, 0.5) is 0 Å². The fraction of sp³-hybridized carbons (Fsp3) is 0.750. The molecular formula is C16H27N3O.